The quantitative estimate of drug-likeness (QED) is 0.778. The zero-order valence-corrected chi connectivity index (χ0v) is 14.0. The lowest BCUT2D eigenvalue weighted by molar-refractivity contribution is 0.0519. The van der Waals surface area contributed by atoms with E-state index in [1.165, 1.54) is 6.42 Å². The molecule has 2 fully saturated rings. The summed E-state index contributed by atoms with van der Waals surface area (Å²) in [4.78, 5) is 18.8. The Hall–Kier alpha value is -2.44. The minimum atomic E-state index is -0.443. The van der Waals surface area contributed by atoms with Crippen molar-refractivity contribution in [3.8, 4) is 0 Å². The van der Waals surface area contributed by atoms with Crippen LogP contribution in [0.25, 0.3) is 0 Å². The molecule has 0 N–H and O–H groups in total. The van der Waals surface area contributed by atoms with Crippen LogP contribution >= 0.6 is 0 Å². The number of ether oxygens (including phenoxy) is 1. The maximum absolute atomic E-state index is 11.6. The summed E-state index contributed by atoms with van der Waals surface area (Å²) >= 11 is 0. The highest BCUT2D eigenvalue weighted by molar-refractivity contribution is 5.86. The van der Waals surface area contributed by atoms with E-state index < -0.39 is 5.97 Å². The van der Waals surface area contributed by atoms with E-state index in [-0.39, 0.29) is 5.69 Å². The number of aryl methyl sites for hydroxylation is 1. The van der Waals surface area contributed by atoms with Gasteiger partial charge in [0.15, 0.2) is 5.69 Å². The smallest absolute Gasteiger partial charge is 0.360 e. The van der Waals surface area contributed by atoms with Gasteiger partial charge in [-0.1, -0.05) is 11.3 Å². The zero-order chi connectivity index (χ0) is 16.7. The third-order valence-corrected chi connectivity index (χ3v) is 4.84. The van der Waals surface area contributed by atoms with Gasteiger partial charge < -0.3 is 9.64 Å². The van der Waals surface area contributed by atoms with Crippen LogP contribution in [0.1, 0.15) is 35.1 Å². The number of rotatable bonds is 5. The molecule has 2 atom stereocenters. The normalized spacial score (nSPS) is 21.7. The Labute approximate surface area is 140 Å². The summed E-state index contributed by atoms with van der Waals surface area (Å²) in [5.41, 5.74) is 2.29. The summed E-state index contributed by atoms with van der Waals surface area (Å²) in [6.45, 7) is 6.93. The van der Waals surface area contributed by atoms with Gasteiger partial charge in [0.1, 0.15) is 5.82 Å². The Morgan fingerprint density at radius 2 is 2.12 bits per heavy atom. The molecule has 24 heavy (non-hydrogen) atoms. The van der Waals surface area contributed by atoms with Crippen LogP contribution in [0, 0.1) is 18.8 Å². The molecule has 126 valence electrons. The van der Waals surface area contributed by atoms with Gasteiger partial charge in [0, 0.05) is 18.8 Å². The third-order valence-electron chi connectivity index (χ3n) is 4.84. The fourth-order valence-electron chi connectivity index (χ4n) is 3.35. The predicted molar refractivity (Wildman–Crippen MR) is 87.9 cm³/mol. The standard InChI is InChI=1S/C17H21N5O2/c1-3-24-17(23)15-10-22(20-19-15)9-12-4-5-16(18-11(12)2)21-7-13-6-14(13)8-21/h4-5,10,13-14H,3,6-9H2,1-2H3. The molecule has 7 heteroatoms. The van der Waals surface area contributed by atoms with Crippen molar-refractivity contribution in [2.75, 3.05) is 24.6 Å². The largest absolute Gasteiger partial charge is 0.461 e. The van der Waals surface area contributed by atoms with E-state index in [9.17, 15) is 4.79 Å². The van der Waals surface area contributed by atoms with Crippen molar-refractivity contribution in [1.29, 1.82) is 0 Å². The molecule has 4 rings (SSSR count). The molecule has 0 amide bonds. The number of esters is 1. The first-order valence-corrected chi connectivity index (χ1v) is 8.42. The van der Waals surface area contributed by atoms with Crippen molar-refractivity contribution in [3.05, 3.63) is 35.3 Å². The summed E-state index contributed by atoms with van der Waals surface area (Å²) in [6.07, 6.45) is 3.00. The fraction of sp³-hybridized carbons (Fsp3) is 0.529. The predicted octanol–water partition coefficient (Wildman–Crippen LogP) is 1.66. The number of hydrogen-bond acceptors (Lipinski definition) is 6. The molecule has 0 aromatic carbocycles. The number of carbonyl (C=O) groups is 1. The molecule has 7 nitrogen and oxygen atoms in total. The van der Waals surface area contributed by atoms with E-state index in [2.05, 4.69) is 27.3 Å². The van der Waals surface area contributed by atoms with E-state index >= 15 is 0 Å². The van der Waals surface area contributed by atoms with Crippen molar-refractivity contribution in [2.24, 2.45) is 11.8 Å². The van der Waals surface area contributed by atoms with Gasteiger partial charge >= 0.3 is 5.97 Å². The van der Waals surface area contributed by atoms with Gasteiger partial charge in [0.2, 0.25) is 0 Å². The number of nitrogens with zero attached hydrogens (tertiary/aromatic N) is 5. The van der Waals surface area contributed by atoms with E-state index in [1.54, 1.807) is 17.8 Å². The number of fused-ring (bicyclic) bond motifs is 1. The monoisotopic (exact) mass is 327 g/mol. The highest BCUT2D eigenvalue weighted by atomic mass is 16.5. The molecule has 2 unspecified atom stereocenters. The minimum absolute atomic E-state index is 0.232. The first-order chi connectivity index (χ1) is 11.6. The van der Waals surface area contributed by atoms with Crippen molar-refractivity contribution in [3.63, 3.8) is 0 Å². The second-order valence-electron chi connectivity index (χ2n) is 6.60. The lowest BCUT2D eigenvalue weighted by Gasteiger charge is -2.20. The van der Waals surface area contributed by atoms with Crippen molar-refractivity contribution >= 4 is 11.8 Å². The van der Waals surface area contributed by atoms with Gasteiger partial charge in [-0.25, -0.2) is 14.5 Å². The maximum Gasteiger partial charge on any atom is 0.360 e. The average Bonchev–Trinajstić information content (AvgIpc) is 2.98. The van der Waals surface area contributed by atoms with Gasteiger partial charge in [-0.05, 0) is 43.7 Å². The van der Waals surface area contributed by atoms with Crippen LogP contribution in [0.15, 0.2) is 18.3 Å². The molecule has 1 saturated heterocycles. The summed E-state index contributed by atoms with van der Waals surface area (Å²) in [5.74, 6) is 2.40. The first kappa shape index (κ1) is 15.1. The summed E-state index contributed by atoms with van der Waals surface area (Å²) < 4.78 is 6.57. The Kier molecular flexibility index (Phi) is 3.70. The molecule has 1 saturated carbocycles. The zero-order valence-electron chi connectivity index (χ0n) is 14.0. The van der Waals surface area contributed by atoms with E-state index in [0.717, 1.165) is 42.0 Å². The summed E-state index contributed by atoms with van der Waals surface area (Å²) in [5, 5.41) is 7.86. The molecule has 2 aromatic heterocycles. The number of carbonyl (C=O) groups excluding carboxylic acids is 1. The van der Waals surface area contributed by atoms with Crippen LogP contribution in [0.4, 0.5) is 5.82 Å². The molecule has 1 aliphatic heterocycles. The fourth-order valence-corrected chi connectivity index (χ4v) is 3.35. The number of anilines is 1. The molecular formula is C17H21N5O2. The average molecular weight is 327 g/mol. The number of pyridine rings is 1. The highest BCUT2D eigenvalue weighted by Gasteiger charge is 2.45. The van der Waals surface area contributed by atoms with Crippen molar-refractivity contribution in [2.45, 2.75) is 26.8 Å². The third kappa shape index (κ3) is 2.86. The van der Waals surface area contributed by atoms with E-state index in [1.807, 2.05) is 6.92 Å². The summed E-state index contributed by atoms with van der Waals surface area (Å²) in [7, 11) is 0. The molecule has 0 radical (unpaired) electrons. The summed E-state index contributed by atoms with van der Waals surface area (Å²) in [6, 6.07) is 4.17. The Bertz CT molecular complexity index is 762. The van der Waals surface area contributed by atoms with Crippen LogP contribution in [0.5, 0.6) is 0 Å². The van der Waals surface area contributed by atoms with Crippen LogP contribution in [0.2, 0.25) is 0 Å². The number of aromatic nitrogens is 4. The van der Waals surface area contributed by atoms with Crippen molar-refractivity contribution in [1.82, 2.24) is 20.0 Å². The minimum Gasteiger partial charge on any atom is -0.461 e. The highest BCUT2D eigenvalue weighted by Crippen LogP contribution is 2.45. The van der Waals surface area contributed by atoms with Crippen LogP contribution in [-0.2, 0) is 11.3 Å². The number of hydrogen-bond donors (Lipinski definition) is 0. The molecule has 3 heterocycles. The first-order valence-electron chi connectivity index (χ1n) is 8.42. The maximum atomic E-state index is 11.6. The molecule has 0 bridgehead atoms. The van der Waals surface area contributed by atoms with Crippen molar-refractivity contribution < 1.29 is 9.53 Å². The second kappa shape index (κ2) is 5.89. The SMILES string of the molecule is CCOC(=O)c1cn(Cc2ccc(N3CC4CC4C3)nc2C)nn1. The Balaban J connectivity index is 1.45. The van der Waals surface area contributed by atoms with Gasteiger partial charge in [0.25, 0.3) is 0 Å². The molecule has 0 spiro atoms. The van der Waals surface area contributed by atoms with Crippen LogP contribution < -0.4 is 4.90 Å². The van der Waals surface area contributed by atoms with Gasteiger partial charge in [-0.2, -0.15) is 0 Å². The molecular weight excluding hydrogens is 306 g/mol. The van der Waals surface area contributed by atoms with Gasteiger partial charge in [0.05, 0.1) is 19.3 Å². The van der Waals surface area contributed by atoms with Crippen LogP contribution in [0.3, 0.4) is 0 Å². The van der Waals surface area contributed by atoms with E-state index in [4.69, 9.17) is 9.72 Å². The lowest BCUT2D eigenvalue weighted by Crippen LogP contribution is -2.23. The van der Waals surface area contributed by atoms with E-state index in [0.29, 0.717) is 13.2 Å². The van der Waals surface area contributed by atoms with Gasteiger partial charge in [-0.15, -0.1) is 5.10 Å². The Morgan fingerprint density at radius 1 is 1.33 bits per heavy atom. The number of piperidine rings is 1. The molecule has 2 aromatic rings. The van der Waals surface area contributed by atoms with Crippen LogP contribution in [-0.4, -0.2) is 45.6 Å². The molecule has 1 aliphatic carbocycles. The second-order valence-corrected chi connectivity index (χ2v) is 6.60. The lowest BCUT2D eigenvalue weighted by atomic mass is 10.2. The molecule has 2 aliphatic rings. The van der Waals surface area contributed by atoms with Gasteiger partial charge in [-0.3, -0.25) is 0 Å². The Morgan fingerprint density at radius 3 is 2.83 bits per heavy atom. The topological polar surface area (TPSA) is 73.1 Å².